The Bertz CT molecular complexity index is 438. The first kappa shape index (κ1) is 14.8. The Kier molecular flexibility index (Phi) is 5.00. The highest BCUT2D eigenvalue weighted by molar-refractivity contribution is 5.55. The normalized spacial score (nSPS) is 16.1. The topological polar surface area (TPSA) is 39.7 Å². The molecule has 0 aromatic heterocycles. The van der Waals surface area contributed by atoms with Gasteiger partial charge in [-0.3, -0.25) is 0 Å². The van der Waals surface area contributed by atoms with E-state index >= 15 is 0 Å². The third-order valence-electron chi connectivity index (χ3n) is 3.27. The van der Waals surface area contributed by atoms with E-state index in [1.54, 1.807) is 19.2 Å². The predicted molar refractivity (Wildman–Crippen MR) is 71.6 cm³/mol. The van der Waals surface area contributed by atoms with Gasteiger partial charge in [0, 0.05) is 18.9 Å². The second kappa shape index (κ2) is 6.74. The minimum Gasteiger partial charge on any atom is -0.493 e. The minimum atomic E-state index is -2.88. The van der Waals surface area contributed by atoms with E-state index in [1.165, 1.54) is 13.2 Å². The van der Waals surface area contributed by atoms with Crippen molar-refractivity contribution in [1.29, 1.82) is 0 Å². The Labute approximate surface area is 117 Å². The monoisotopic (exact) mass is 287 g/mol. The number of rotatable bonds is 8. The SMILES string of the molecule is COCC(Nc1ccc(OC)c(OC(F)F)c1)C1CC1. The molecule has 0 spiro atoms. The molecule has 1 saturated carbocycles. The predicted octanol–water partition coefficient (Wildman–Crippen LogP) is 3.13. The Hall–Kier alpha value is -1.56. The summed E-state index contributed by atoms with van der Waals surface area (Å²) in [7, 11) is 3.06. The fourth-order valence-corrected chi connectivity index (χ4v) is 2.14. The van der Waals surface area contributed by atoms with Crippen LogP contribution in [0.15, 0.2) is 18.2 Å². The van der Waals surface area contributed by atoms with E-state index in [4.69, 9.17) is 9.47 Å². The quantitative estimate of drug-likeness (QED) is 0.797. The van der Waals surface area contributed by atoms with E-state index in [-0.39, 0.29) is 17.5 Å². The van der Waals surface area contributed by atoms with E-state index in [0.29, 0.717) is 12.5 Å². The largest absolute Gasteiger partial charge is 0.493 e. The fraction of sp³-hybridized carbons (Fsp3) is 0.571. The summed E-state index contributed by atoms with van der Waals surface area (Å²) in [6.07, 6.45) is 2.33. The summed E-state index contributed by atoms with van der Waals surface area (Å²) in [5, 5.41) is 3.30. The summed E-state index contributed by atoms with van der Waals surface area (Å²) in [4.78, 5) is 0. The zero-order chi connectivity index (χ0) is 14.5. The van der Waals surface area contributed by atoms with Gasteiger partial charge in [-0.05, 0) is 30.9 Å². The van der Waals surface area contributed by atoms with Crippen LogP contribution in [0.5, 0.6) is 11.5 Å². The first-order valence-corrected chi connectivity index (χ1v) is 6.52. The van der Waals surface area contributed by atoms with Crippen LogP contribution in [-0.4, -0.2) is 33.5 Å². The van der Waals surface area contributed by atoms with Crippen LogP contribution in [0.4, 0.5) is 14.5 Å². The molecule has 0 saturated heterocycles. The van der Waals surface area contributed by atoms with Gasteiger partial charge in [0.15, 0.2) is 11.5 Å². The molecule has 1 aromatic carbocycles. The van der Waals surface area contributed by atoms with Crippen LogP contribution in [0.1, 0.15) is 12.8 Å². The van der Waals surface area contributed by atoms with Gasteiger partial charge in [-0.15, -0.1) is 0 Å². The number of benzene rings is 1. The summed E-state index contributed by atoms with van der Waals surface area (Å²) in [5.74, 6) is 0.890. The molecule has 1 aliphatic carbocycles. The number of anilines is 1. The summed E-state index contributed by atoms with van der Waals surface area (Å²) >= 11 is 0. The van der Waals surface area contributed by atoms with Crippen molar-refractivity contribution in [2.45, 2.75) is 25.5 Å². The minimum absolute atomic E-state index is 0.0273. The molecule has 0 amide bonds. The van der Waals surface area contributed by atoms with E-state index in [2.05, 4.69) is 10.1 Å². The van der Waals surface area contributed by atoms with Crippen molar-refractivity contribution >= 4 is 5.69 Å². The van der Waals surface area contributed by atoms with Crippen molar-refractivity contribution in [3.63, 3.8) is 0 Å². The number of methoxy groups -OCH3 is 2. The highest BCUT2D eigenvalue weighted by atomic mass is 19.3. The molecule has 112 valence electrons. The molecular weight excluding hydrogens is 268 g/mol. The molecule has 4 nitrogen and oxygen atoms in total. The van der Waals surface area contributed by atoms with Gasteiger partial charge in [-0.25, -0.2) is 0 Å². The number of hydrogen-bond donors (Lipinski definition) is 1. The number of nitrogens with one attached hydrogen (secondary N) is 1. The summed E-state index contributed by atoms with van der Waals surface area (Å²) in [6.45, 7) is -2.29. The van der Waals surface area contributed by atoms with E-state index in [1.807, 2.05) is 0 Å². The molecule has 1 atom stereocenters. The number of ether oxygens (including phenoxy) is 3. The fourth-order valence-electron chi connectivity index (χ4n) is 2.14. The Morgan fingerprint density at radius 3 is 2.55 bits per heavy atom. The van der Waals surface area contributed by atoms with Gasteiger partial charge in [-0.1, -0.05) is 0 Å². The summed E-state index contributed by atoms with van der Waals surface area (Å²) < 4.78 is 39.4. The second-order valence-corrected chi connectivity index (χ2v) is 4.79. The number of hydrogen-bond acceptors (Lipinski definition) is 4. The molecule has 1 N–H and O–H groups in total. The summed E-state index contributed by atoms with van der Waals surface area (Å²) in [6, 6.07) is 5.10. The second-order valence-electron chi connectivity index (χ2n) is 4.79. The lowest BCUT2D eigenvalue weighted by Gasteiger charge is -2.20. The van der Waals surface area contributed by atoms with Crippen LogP contribution < -0.4 is 14.8 Å². The molecule has 0 radical (unpaired) electrons. The third-order valence-corrected chi connectivity index (χ3v) is 3.27. The lowest BCUT2D eigenvalue weighted by atomic mass is 10.2. The molecular formula is C14H19F2NO3. The van der Waals surface area contributed by atoms with Crippen LogP contribution >= 0.6 is 0 Å². The van der Waals surface area contributed by atoms with Crippen molar-refractivity contribution in [3.8, 4) is 11.5 Å². The van der Waals surface area contributed by atoms with E-state index in [9.17, 15) is 8.78 Å². The average Bonchev–Trinajstić information content (AvgIpc) is 3.22. The standard InChI is InChI=1S/C14H19F2NO3/c1-18-8-11(9-3-4-9)17-10-5-6-12(19-2)13(7-10)20-14(15)16/h5-7,9,11,14,17H,3-4,8H2,1-2H3. The smallest absolute Gasteiger partial charge is 0.387 e. The average molecular weight is 287 g/mol. The Morgan fingerprint density at radius 2 is 2.00 bits per heavy atom. The van der Waals surface area contributed by atoms with Crippen molar-refractivity contribution in [2.75, 3.05) is 26.1 Å². The van der Waals surface area contributed by atoms with Gasteiger partial charge in [0.2, 0.25) is 0 Å². The third kappa shape index (κ3) is 3.96. The maximum Gasteiger partial charge on any atom is 0.387 e. The maximum atomic E-state index is 12.4. The zero-order valence-corrected chi connectivity index (χ0v) is 11.6. The lowest BCUT2D eigenvalue weighted by Crippen LogP contribution is -2.27. The molecule has 20 heavy (non-hydrogen) atoms. The van der Waals surface area contributed by atoms with Gasteiger partial charge in [-0.2, -0.15) is 8.78 Å². The van der Waals surface area contributed by atoms with Gasteiger partial charge in [0.1, 0.15) is 0 Å². The molecule has 1 aromatic rings. The van der Waals surface area contributed by atoms with Crippen LogP contribution in [0, 0.1) is 5.92 Å². The summed E-state index contributed by atoms with van der Waals surface area (Å²) in [5.41, 5.74) is 0.718. The molecule has 1 aliphatic rings. The van der Waals surface area contributed by atoms with Gasteiger partial charge in [0.25, 0.3) is 0 Å². The van der Waals surface area contributed by atoms with E-state index in [0.717, 1.165) is 18.5 Å². The van der Waals surface area contributed by atoms with Gasteiger partial charge in [0.05, 0.1) is 19.8 Å². The van der Waals surface area contributed by atoms with Crippen molar-refractivity contribution < 1.29 is 23.0 Å². The maximum absolute atomic E-state index is 12.4. The van der Waals surface area contributed by atoms with Crippen LogP contribution in [-0.2, 0) is 4.74 Å². The molecule has 0 aliphatic heterocycles. The molecule has 0 bridgehead atoms. The molecule has 0 heterocycles. The number of halogens is 2. The van der Waals surface area contributed by atoms with Crippen LogP contribution in [0.2, 0.25) is 0 Å². The van der Waals surface area contributed by atoms with Gasteiger partial charge < -0.3 is 19.5 Å². The van der Waals surface area contributed by atoms with E-state index < -0.39 is 6.61 Å². The molecule has 1 fully saturated rings. The molecule has 1 unspecified atom stereocenters. The van der Waals surface area contributed by atoms with Crippen LogP contribution in [0.25, 0.3) is 0 Å². The highest BCUT2D eigenvalue weighted by Crippen LogP contribution is 2.36. The first-order valence-electron chi connectivity index (χ1n) is 6.52. The Balaban J connectivity index is 2.10. The van der Waals surface area contributed by atoms with Crippen molar-refractivity contribution in [2.24, 2.45) is 5.92 Å². The zero-order valence-electron chi connectivity index (χ0n) is 11.6. The van der Waals surface area contributed by atoms with Crippen LogP contribution in [0.3, 0.4) is 0 Å². The molecule has 6 heteroatoms. The van der Waals surface area contributed by atoms with Gasteiger partial charge >= 0.3 is 6.61 Å². The first-order chi connectivity index (χ1) is 9.63. The van der Waals surface area contributed by atoms with Crippen molar-refractivity contribution in [1.82, 2.24) is 0 Å². The highest BCUT2D eigenvalue weighted by Gasteiger charge is 2.31. The van der Waals surface area contributed by atoms with Crippen molar-refractivity contribution in [3.05, 3.63) is 18.2 Å². The Morgan fingerprint density at radius 1 is 1.25 bits per heavy atom. The molecule has 2 rings (SSSR count). The lowest BCUT2D eigenvalue weighted by molar-refractivity contribution is -0.0511. The number of alkyl halides is 2.